The fraction of sp³-hybridized carbons (Fsp3) is 0.222. The summed E-state index contributed by atoms with van der Waals surface area (Å²) in [5.74, 6) is 0. The lowest BCUT2D eigenvalue weighted by Gasteiger charge is -2.07. The van der Waals surface area contributed by atoms with Gasteiger partial charge in [-0.05, 0) is 53.5 Å². The van der Waals surface area contributed by atoms with Gasteiger partial charge in [-0.25, -0.2) is 0 Å². The largest absolute Gasteiger partial charge is 0.0617 e. The lowest BCUT2D eigenvalue weighted by atomic mass is 9.97. The van der Waals surface area contributed by atoms with Crippen LogP contribution in [0.1, 0.15) is 36.8 Å². The van der Waals surface area contributed by atoms with Crippen molar-refractivity contribution < 1.29 is 0 Å². The zero-order valence-corrected chi connectivity index (χ0v) is 10.4. The lowest BCUT2D eigenvalue weighted by Crippen LogP contribution is -1.86. The Morgan fingerprint density at radius 1 is 0.556 bits per heavy atom. The van der Waals surface area contributed by atoms with E-state index >= 15 is 0 Å². The van der Waals surface area contributed by atoms with Crippen LogP contribution in [0.3, 0.4) is 0 Å². The molecule has 0 amide bonds. The molecule has 88 valence electrons. The Labute approximate surface area is 108 Å². The van der Waals surface area contributed by atoms with Crippen LogP contribution in [0.25, 0.3) is 16.7 Å². The van der Waals surface area contributed by atoms with E-state index in [0.717, 1.165) is 0 Å². The zero-order chi connectivity index (χ0) is 11.9. The Morgan fingerprint density at radius 2 is 1.00 bits per heavy atom. The second kappa shape index (κ2) is 3.84. The Morgan fingerprint density at radius 3 is 1.50 bits per heavy atom. The maximum absolute atomic E-state index is 2.29. The number of allylic oxidation sites excluding steroid dienone is 1. The molecule has 0 nitrogen and oxygen atoms in total. The minimum Gasteiger partial charge on any atom is -0.0617 e. The van der Waals surface area contributed by atoms with Gasteiger partial charge in [0, 0.05) is 0 Å². The molecule has 2 aromatic rings. The van der Waals surface area contributed by atoms with Gasteiger partial charge >= 0.3 is 0 Å². The Bertz CT molecular complexity index is 591. The van der Waals surface area contributed by atoms with Crippen molar-refractivity contribution >= 4 is 5.57 Å². The van der Waals surface area contributed by atoms with E-state index in [4.69, 9.17) is 0 Å². The monoisotopic (exact) mass is 232 g/mol. The van der Waals surface area contributed by atoms with E-state index in [1.165, 1.54) is 47.9 Å². The third-order valence-corrected chi connectivity index (χ3v) is 4.24. The zero-order valence-electron chi connectivity index (χ0n) is 10.4. The van der Waals surface area contributed by atoms with E-state index in [-0.39, 0.29) is 0 Å². The second-order valence-corrected chi connectivity index (χ2v) is 5.28. The van der Waals surface area contributed by atoms with Gasteiger partial charge in [-0.1, -0.05) is 54.1 Å². The third-order valence-electron chi connectivity index (χ3n) is 4.24. The summed E-state index contributed by atoms with van der Waals surface area (Å²) >= 11 is 0. The number of benzene rings is 2. The standard InChI is InChI=1S/C18H16/c1-2-8-13(7-1)18-16-11-5-3-9-14(16)15-10-4-6-12-17(15)18/h3-6,9-12H,1-2,7-8H2. The Balaban J connectivity index is 2.07. The van der Waals surface area contributed by atoms with E-state index in [2.05, 4.69) is 48.5 Å². The van der Waals surface area contributed by atoms with Gasteiger partial charge < -0.3 is 0 Å². The number of rotatable bonds is 0. The molecule has 0 heteroatoms. The summed E-state index contributed by atoms with van der Waals surface area (Å²) in [7, 11) is 0. The summed E-state index contributed by atoms with van der Waals surface area (Å²) in [4.78, 5) is 0. The van der Waals surface area contributed by atoms with Gasteiger partial charge in [0.05, 0.1) is 0 Å². The van der Waals surface area contributed by atoms with Gasteiger partial charge in [-0.3, -0.25) is 0 Å². The fourth-order valence-corrected chi connectivity index (χ4v) is 3.45. The first-order valence-corrected chi connectivity index (χ1v) is 6.86. The molecule has 18 heavy (non-hydrogen) atoms. The van der Waals surface area contributed by atoms with Crippen LogP contribution < -0.4 is 0 Å². The molecule has 2 aromatic carbocycles. The number of fused-ring (bicyclic) bond motifs is 3. The number of hydrogen-bond acceptors (Lipinski definition) is 0. The highest BCUT2D eigenvalue weighted by atomic mass is 14.3. The molecular formula is C18H16. The molecule has 0 aliphatic heterocycles. The van der Waals surface area contributed by atoms with Crippen molar-refractivity contribution in [3.05, 3.63) is 65.2 Å². The smallest absolute Gasteiger partial charge is 0.00990 e. The maximum Gasteiger partial charge on any atom is -0.00990 e. The summed E-state index contributed by atoms with van der Waals surface area (Å²) in [5, 5.41) is 0. The van der Waals surface area contributed by atoms with Gasteiger partial charge in [-0.2, -0.15) is 0 Å². The van der Waals surface area contributed by atoms with Gasteiger partial charge in [0.25, 0.3) is 0 Å². The minimum absolute atomic E-state index is 1.29. The number of hydrogen-bond donors (Lipinski definition) is 0. The first-order valence-electron chi connectivity index (χ1n) is 6.86. The van der Waals surface area contributed by atoms with Crippen LogP contribution >= 0.6 is 0 Å². The molecule has 2 aliphatic carbocycles. The normalized spacial score (nSPS) is 16.9. The molecule has 0 aromatic heterocycles. The molecule has 4 rings (SSSR count). The van der Waals surface area contributed by atoms with Crippen molar-refractivity contribution in [2.45, 2.75) is 25.7 Å². The summed E-state index contributed by atoms with van der Waals surface area (Å²) in [5.41, 5.74) is 8.96. The van der Waals surface area contributed by atoms with Gasteiger partial charge in [-0.15, -0.1) is 0 Å². The molecule has 0 heterocycles. The van der Waals surface area contributed by atoms with Crippen LogP contribution in [-0.2, 0) is 0 Å². The third kappa shape index (κ3) is 1.32. The summed E-state index contributed by atoms with van der Waals surface area (Å²) in [6, 6.07) is 17.7. The summed E-state index contributed by atoms with van der Waals surface area (Å²) in [6.45, 7) is 0. The molecule has 0 bridgehead atoms. The highest BCUT2D eigenvalue weighted by Gasteiger charge is 2.25. The van der Waals surface area contributed by atoms with Crippen LogP contribution in [0.15, 0.2) is 54.1 Å². The summed E-state index contributed by atoms with van der Waals surface area (Å²) < 4.78 is 0. The molecule has 1 fully saturated rings. The molecule has 0 unspecified atom stereocenters. The van der Waals surface area contributed by atoms with Gasteiger partial charge in [0.15, 0.2) is 0 Å². The van der Waals surface area contributed by atoms with Crippen molar-refractivity contribution in [2.24, 2.45) is 0 Å². The minimum atomic E-state index is 1.29. The maximum atomic E-state index is 2.29. The van der Waals surface area contributed by atoms with Crippen LogP contribution in [0.5, 0.6) is 0 Å². The van der Waals surface area contributed by atoms with Crippen LogP contribution in [0, 0.1) is 0 Å². The molecule has 0 N–H and O–H groups in total. The average molecular weight is 232 g/mol. The molecule has 1 saturated carbocycles. The van der Waals surface area contributed by atoms with Crippen molar-refractivity contribution in [3.63, 3.8) is 0 Å². The topological polar surface area (TPSA) is 0 Å². The van der Waals surface area contributed by atoms with Gasteiger partial charge in [0.1, 0.15) is 0 Å². The second-order valence-electron chi connectivity index (χ2n) is 5.28. The van der Waals surface area contributed by atoms with Crippen molar-refractivity contribution in [1.29, 1.82) is 0 Å². The Kier molecular flexibility index (Phi) is 2.16. The van der Waals surface area contributed by atoms with E-state index in [1.54, 1.807) is 11.1 Å². The van der Waals surface area contributed by atoms with Crippen molar-refractivity contribution in [1.82, 2.24) is 0 Å². The average Bonchev–Trinajstić information content (AvgIpc) is 3.03. The van der Waals surface area contributed by atoms with E-state index in [1.807, 2.05) is 0 Å². The quantitative estimate of drug-likeness (QED) is 0.509. The first kappa shape index (κ1) is 10.1. The SMILES string of the molecule is c1ccc2c(c1)C(=C1CCCC1)c1ccccc1-2. The Hall–Kier alpha value is -1.82. The highest BCUT2D eigenvalue weighted by molar-refractivity contribution is 6.02. The lowest BCUT2D eigenvalue weighted by molar-refractivity contribution is 0.886. The van der Waals surface area contributed by atoms with Crippen LogP contribution in [0.4, 0.5) is 0 Å². The molecular weight excluding hydrogens is 216 g/mol. The first-order chi connectivity index (χ1) is 8.95. The van der Waals surface area contributed by atoms with Crippen LogP contribution in [0.2, 0.25) is 0 Å². The van der Waals surface area contributed by atoms with Crippen LogP contribution in [-0.4, -0.2) is 0 Å². The molecule has 0 radical (unpaired) electrons. The predicted molar refractivity (Wildman–Crippen MR) is 76.4 cm³/mol. The highest BCUT2D eigenvalue weighted by Crippen LogP contribution is 2.47. The molecule has 0 saturated heterocycles. The van der Waals surface area contributed by atoms with Gasteiger partial charge in [0.2, 0.25) is 0 Å². The van der Waals surface area contributed by atoms with E-state index in [0.29, 0.717) is 0 Å². The molecule has 0 spiro atoms. The van der Waals surface area contributed by atoms with Crippen molar-refractivity contribution in [3.8, 4) is 11.1 Å². The molecule has 0 atom stereocenters. The molecule has 2 aliphatic rings. The van der Waals surface area contributed by atoms with E-state index < -0.39 is 0 Å². The van der Waals surface area contributed by atoms with Crippen molar-refractivity contribution in [2.75, 3.05) is 0 Å². The summed E-state index contributed by atoms with van der Waals surface area (Å²) in [6.07, 6.45) is 5.31. The fourth-order valence-electron chi connectivity index (χ4n) is 3.45. The predicted octanol–water partition coefficient (Wildman–Crippen LogP) is 5.04. The van der Waals surface area contributed by atoms with E-state index in [9.17, 15) is 0 Å².